The highest BCUT2D eigenvalue weighted by Gasteiger charge is 2.38. The summed E-state index contributed by atoms with van der Waals surface area (Å²) in [4.78, 5) is 17.6. The summed E-state index contributed by atoms with van der Waals surface area (Å²) in [7, 11) is 1.48. The molecular formula is C26H17F7N2O2. The smallest absolute Gasteiger partial charge is 0.419 e. The second-order valence-electron chi connectivity index (χ2n) is 8.56. The monoisotopic (exact) mass is 522 g/mol. The number of H-pyrrole nitrogens is 1. The first-order valence-corrected chi connectivity index (χ1v) is 11.0. The summed E-state index contributed by atoms with van der Waals surface area (Å²) >= 11 is 0. The summed E-state index contributed by atoms with van der Waals surface area (Å²) in [5, 5.41) is 0.704. The molecule has 0 aliphatic carbocycles. The molecule has 0 spiro atoms. The number of carbonyl (C=O) groups excluding carboxylic acids is 1. The van der Waals surface area contributed by atoms with E-state index in [4.69, 9.17) is 4.74 Å². The molecule has 1 N–H and O–H groups in total. The third-order valence-corrected chi connectivity index (χ3v) is 6.45. The number of ether oxygens (including phenoxy) is 1. The lowest BCUT2D eigenvalue weighted by molar-refractivity contribution is -0.140. The van der Waals surface area contributed by atoms with Gasteiger partial charge in [-0.1, -0.05) is 0 Å². The maximum absolute atomic E-state index is 15.0. The van der Waals surface area contributed by atoms with Crippen LogP contribution in [-0.2, 0) is 12.6 Å². The zero-order valence-corrected chi connectivity index (χ0v) is 19.0. The minimum Gasteiger partial charge on any atom is -0.497 e. The number of hydrogen-bond donors (Lipinski definition) is 1. The molecule has 0 unspecified atom stereocenters. The Hall–Kier alpha value is -4.02. The Kier molecular flexibility index (Phi) is 5.88. The lowest BCUT2D eigenvalue weighted by atomic mass is 9.91. The summed E-state index contributed by atoms with van der Waals surface area (Å²) < 4.78 is 101. The molecule has 1 aliphatic heterocycles. The van der Waals surface area contributed by atoms with Gasteiger partial charge in [-0.15, -0.1) is 0 Å². The van der Waals surface area contributed by atoms with E-state index in [0.717, 1.165) is 11.0 Å². The SMILES string of the molecule is COc1ccc2[nH]c3c(c2c1)CCN(C(=O)c1ccc(C(F)(F)F)c(F)c1)[C@H]3c1cc(F)c(F)cc1F. The highest BCUT2D eigenvalue weighted by Crippen LogP contribution is 2.41. The van der Waals surface area contributed by atoms with Crippen molar-refractivity contribution in [3.63, 3.8) is 0 Å². The maximum Gasteiger partial charge on any atom is 0.419 e. The van der Waals surface area contributed by atoms with E-state index >= 15 is 4.39 Å². The van der Waals surface area contributed by atoms with Gasteiger partial charge in [0.05, 0.1) is 12.7 Å². The standard InChI is InChI=1S/C26H17F7N2O2/c1-37-13-3-5-22-15(9-13)14-6-7-35(25(36)12-2-4-17(19(28)8-12)26(31,32)33)24(23(14)34-22)16-10-20(29)21(30)11-18(16)27/h2-5,8-11,24,34H,6-7H2,1H3/t24-/m0/s1. The molecule has 0 fully saturated rings. The number of hydrogen-bond acceptors (Lipinski definition) is 2. The number of alkyl halides is 3. The lowest BCUT2D eigenvalue weighted by Crippen LogP contribution is -2.41. The Bertz CT molecular complexity index is 1540. The van der Waals surface area contributed by atoms with Crippen molar-refractivity contribution in [2.45, 2.75) is 18.6 Å². The van der Waals surface area contributed by atoms with Crippen molar-refractivity contribution in [1.82, 2.24) is 9.88 Å². The number of nitrogens with zero attached hydrogens (tertiary/aromatic N) is 1. The summed E-state index contributed by atoms with van der Waals surface area (Å²) in [6.45, 7) is -0.0677. The first kappa shape index (κ1) is 24.7. The minimum absolute atomic E-state index is 0.0677. The number of benzene rings is 3. The molecule has 192 valence electrons. The Balaban J connectivity index is 1.67. The van der Waals surface area contributed by atoms with Gasteiger partial charge in [0.25, 0.3) is 5.91 Å². The quantitative estimate of drug-likeness (QED) is 0.245. The Labute approximate surface area is 205 Å². The van der Waals surface area contributed by atoms with Crippen LogP contribution in [0.2, 0.25) is 0 Å². The van der Waals surface area contributed by atoms with Crippen molar-refractivity contribution in [1.29, 1.82) is 0 Å². The van der Waals surface area contributed by atoms with Gasteiger partial charge in [0.15, 0.2) is 11.6 Å². The molecule has 0 bridgehead atoms. The third-order valence-electron chi connectivity index (χ3n) is 6.45. The fourth-order valence-corrected chi connectivity index (χ4v) is 4.73. The van der Waals surface area contributed by atoms with E-state index in [1.807, 2.05) is 0 Å². The fourth-order valence-electron chi connectivity index (χ4n) is 4.73. The molecule has 11 heteroatoms. The van der Waals surface area contributed by atoms with Gasteiger partial charge in [-0.3, -0.25) is 4.79 Å². The number of carbonyl (C=O) groups is 1. The molecule has 1 aromatic heterocycles. The molecule has 1 aliphatic rings. The zero-order chi connectivity index (χ0) is 26.6. The molecule has 2 heterocycles. The van der Waals surface area contributed by atoms with E-state index in [9.17, 15) is 31.1 Å². The molecule has 0 saturated carbocycles. The lowest BCUT2D eigenvalue weighted by Gasteiger charge is -2.36. The van der Waals surface area contributed by atoms with Crippen LogP contribution in [-0.4, -0.2) is 29.4 Å². The summed E-state index contributed by atoms with van der Waals surface area (Å²) in [6.07, 6.45) is -4.73. The normalized spacial score (nSPS) is 15.7. The molecule has 4 nitrogen and oxygen atoms in total. The van der Waals surface area contributed by atoms with Gasteiger partial charge in [0.1, 0.15) is 23.4 Å². The Morgan fingerprint density at radius 1 is 0.946 bits per heavy atom. The van der Waals surface area contributed by atoms with Gasteiger partial charge in [0.2, 0.25) is 0 Å². The van der Waals surface area contributed by atoms with E-state index in [1.165, 1.54) is 7.11 Å². The highest BCUT2D eigenvalue weighted by atomic mass is 19.4. The number of halogens is 7. The van der Waals surface area contributed by atoms with Crippen molar-refractivity contribution in [3.05, 3.63) is 99.7 Å². The molecule has 1 amide bonds. The number of amides is 1. The van der Waals surface area contributed by atoms with Crippen LogP contribution in [0.3, 0.4) is 0 Å². The van der Waals surface area contributed by atoms with Crippen LogP contribution in [0.15, 0.2) is 48.5 Å². The van der Waals surface area contributed by atoms with Crippen LogP contribution < -0.4 is 4.74 Å². The molecule has 37 heavy (non-hydrogen) atoms. The van der Waals surface area contributed by atoms with Crippen LogP contribution in [0.4, 0.5) is 30.7 Å². The van der Waals surface area contributed by atoms with Gasteiger partial charge in [0, 0.05) is 40.3 Å². The molecule has 0 radical (unpaired) electrons. The predicted octanol–water partition coefficient (Wildman–Crippen LogP) is 6.54. The van der Waals surface area contributed by atoms with E-state index < -0.39 is 52.5 Å². The minimum atomic E-state index is -4.96. The van der Waals surface area contributed by atoms with Crippen LogP contribution in [0.5, 0.6) is 5.75 Å². The van der Waals surface area contributed by atoms with E-state index in [0.29, 0.717) is 52.2 Å². The molecule has 4 aromatic rings. The van der Waals surface area contributed by atoms with Crippen LogP contribution in [0, 0.1) is 23.3 Å². The number of rotatable bonds is 3. The van der Waals surface area contributed by atoms with Gasteiger partial charge < -0.3 is 14.6 Å². The first-order chi connectivity index (χ1) is 17.5. The average Bonchev–Trinajstić information content (AvgIpc) is 3.22. The van der Waals surface area contributed by atoms with Crippen molar-refractivity contribution in [3.8, 4) is 5.75 Å². The topological polar surface area (TPSA) is 45.3 Å². The van der Waals surface area contributed by atoms with Gasteiger partial charge in [-0.2, -0.15) is 13.2 Å². The molecule has 0 saturated heterocycles. The van der Waals surface area contributed by atoms with Gasteiger partial charge in [-0.05, 0) is 54.4 Å². The van der Waals surface area contributed by atoms with Crippen molar-refractivity contribution in [2.24, 2.45) is 0 Å². The summed E-state index contributed by atoms with van der Waals surface area (Å²) in [5.74, 6) is -5.95. The number of aromatic nitrogens is 1. The van der Waals surface area contributed by atoms with E-state index in [2.05, 4.69) is 4.98 Å². The first-order valence-electron chi connectivity index (χ1n) is 11.0. The second-order valence-corrected chi connectivity index (χ2v) is 8.56. The van der Waals surface area contributed by atoms with Crippen LogP contribution >= 0.6 is 0 Å². The number of fused-ring (bicyclic) bond motifs is 3. The number of methoxy groups -OCH3 is 1. The summed E-state index contributed by atoms with van der Waals surface area (Å²) in [5.41, 5.74) is -0.754. The van der Waals surface area contributed by atoms with Gasteiger partial charge >= 0.3 is 6.18 Å². The highest BCUT2D eigenvalue weighted by molar-refractivity contribution is 5.96. The fraction of sp³-hybridized carbons (Fsp3) is 0.192. The molecule has 3 aromatic carbocycles. The molecule has 5 rings (SSSR count). The summed E-state index contributed by atoms with van der Waals surface area (Å²) in [6, 6.07) is 6.48. The average molecular weight is 522 g/mol. The zero-order valence-electron chi connectivity index (χ0n) is 19.0. The third kappa shape index (κ3) is 4.17. The van der Waals surface area contributed by atoms with E-state index in [-0.39, 0.29) is 18.5 Å². The molecule has 1 atom stereocenters. The van der Waals surface area contributed by atoms with Gasteiger partial charge in [-0.25, -0.2) is 17.6 Å². The van der Waals surface area contributed by atoms with E-state index in [1.54, 1.807) is 18.2 Å². The van der Waals surface area contributed by atoms with Crippen LogP contribution in [0.1, 0.15) is 38.8 Å². The number of nitrogens with one attached hydrogen (secondary N) is 1. The van der Waals surface area contributed by atoms with Crippen LogP contribution in [0.25, 0.3) is 10.9 Å². The number of aromatic amines is 1. The maximum atomic E-state index is 15.0. The second kappa shape index (κ2) is 8.82. The largest absolute Gasteiger partial charge is 0.497 e. The van der Waals surface area contributed by atoms with Crippen molar-refractivity contribution in [2.75, 3.05) is 13.7 Å². The molecular weight excluding hydrogens is 505 g/mol. The predicted molar refractivity (Wildman–Crippen MR) is 119 cm³/mol. The Morgan fingerprint density at radius 3 is 2.35 bits per heavy atom. The van der Waals surface area contributed by atoms with Crippen molar-refractivity contribution >= 4 is 16.8 Å². The van der Waals surface area contributed by atoms with Crippen molar-refractivity contribution < 1.29 is 40.3 Å². The Morgan fingerprint density at radius 2 is 1.68 bits per heavy atom.